The number of hydrogen-bond acceptors (Lipinski definition) is 5. The number of aliphatic hydroxyl groups excluding tert-OH is 1. The van der Waals surface area contributed by atoms with Gasteiger partial charge in [-0.1, -0.05) is 38.1 Å². The lowest BCUT2D eigenvalue weighted by molar-refractivity contribution is -0.115. The fraction of sp³-hybridized carbons (Fsp3) is 0.571. The Hall–Kier alpha value is -1.76. The van der Waals surface area contributed by atoms with Crippen LogP contribution in [-0.4, -0.2) is 35.1 Å². The van der Waals surface area contributed by atoms with Gasteiger partial charge < -0.3 is 19.7 Å². The van der Waals surface area contributed by atoms with Crippen LogP contribution in [-0.2, 0) is 23.1 Å². The highest BCUT2D eigenvalue weighted by atomic mass is 19.1. The topological polar surface area (TPSA) is 67.5 Å². The first kappa shape index (κ1) is 20.0. The van der Waals surface area contributed by atoms with Gasteiger partial charge in [0.1, 0.15) is 11.6 Å². The second-order valence-corrected chi connectivity index (χ2v) is 8.34. The van der Waals surface area contributed by atoms with Crippen molar-refractivity contribution in [1.29, 1.82) is 0 Å². The molecule has 0 bridgehead atoms. The molecule has 1 aromatic carbocycles. The maximum absolute atomic E-state index is 13.2. The maximum atomic E-state index is 13.2. The first-order valence-electron chi connectivity index (χ1n) is 9.56. The van der Waals surface area contributed by atoms with Crippen LogP contribution in [0.15, 0.2) is 34.9 Å². The van der Waals surface area contributed by atoms with E-state index in [0.717, 1.165) is 23.4 Å². The summed E-state index contributed by atoms with van der Waals surface area (Å²) in [5.41, 5.74) is 1.68. The van der Waals surface area contributed by atoms with Gasteiger partial charge in [0.2, 0.25) is 0 Å². The molecule has 148 valence electrons. The van der Waals surface area contributed by atoms with Crippen LogP contribution in [0, 0.1) is 5.82 Å². The molecule has 1 fully saturated rings. The van der Waals surface area contributed by atoms with Crippen molar-refractivity contribution in [2.75, 3.05) is 6.54 Å². The summed E-state index contributed by atoms with van der Waals surface area (Å²) >= 11 is 0. The number of hydrogen-bond donors (Lipinski definition) is 2. The van der Waals surface area contributed by atoms with Crippen LogP contribution in [0.2, 0.25) is 0 Å². The highest BCUT2D eigenvalue weighted by Crippen LogP contribution is 2.26. The molecular weight excluding hydrogens is 347 g/mol. The first-order chi connectivity index (χ1) is 12.8. The molecule has 1 aromatic heterocycles. The van der Waals surface area contributed by atoms with Gasteiger partial charge in [-0.2, -0.15) is 0 Å². The maximum Gasteiger partial charge on any atom is 0.142 e. The number of benzene rings is 1. The van der Waals surface area contributed by atoms with Gasteiger partial charge in [-0.3, -0.25) is 0 Å². The largest absolute Gasteiger partial charge is 0.390 e. The second-order valence-electron chi connectivity index (χ2n) is 8.34. The number of nitrogens with one attached hydrogen (secondary N) is 1. The fourth-order valence-electron chi connectivity index (χ4n) is 3.28. The third-order valence-electron chi connectivity index (χ3n) is 4.88. The SMILES string of the molecule is CC(C)(C)c1cc(CC2CCC(O)C(CNCc3cccc(F)c3)O2)no1. The number of aromatic nitrogens is 1. The Bertz CT molecular complexity index is 741. The van der Waals surface area contributed by atoms with Gasteiger partial charge in [0.25, 0.3) is 0 Å². The summed E-state index contributed by atoms with van der Waals surface area (Å²) in [5, 5.41) is 17.7. The molecule has 3 rings (SSSR count). The molecule has 0 aliphatic carbocycles. The minimum Gasteiger partial charge on any atom is -0.390 e. The highest BCUT2D eigenvalue weighted by Gasteiger charge is 2.30. The van der Waals surface area contributed by atoms with Crippen LogP contribution in [0.4, 0.5) is 4.39 Å². The fourth-order valence-corrected chi connectivity index (χ4v) is 3.28. The Morgan fingerprint density at radius 2 is 2.07 bits per heavy atom. The van der Waals surface area contributed by atoms with Crippen LogP contribution in [0.3, 0.4) is 0 Å². The molecule has 1 aliphatic rings. The molecule has 0 saturated carbocycles. The summed E-state index contributed by atoms with van der Waals surface area (Å²) in [6.45, 7) is 7.31. The van der Waals surface area contributed by atoms with Crippen molar-refractivity contribution < 1.29 is 18.8 Å². The van der Waals surface area contributed by atoms with Crippen LogP contribution >= 0.6 is 0 Å². The van der Waals surface area contributed by atoms with Crippen molar-refractivity contribution in [3.8, 4) is 0 Å². The van der Waals surface area contributed by atoms with Crippen molar-refractivity contribution in [1.82, 2.24) is 10.5 Å². The number of aliphatic hydroxyl groups is 1. The number of nitrogens with zero attached hydrogens (tertiary/aromatic N) is 1. The van der Waals surface area contributed by atoms with Crippen molar-refractivity contribution in [3.05, 3.63) is 53.2 Å². The lowest BCUT2D eigenvalue weighted by atomic mass is 9.92. The van der Waals surface area contributed by atoms with Gasteiger partial charge in [-0.05, 0) is 30.5 Å². The van der Waals surface area contributed by atoms with E-state index in [1.807, 2.05) is 12.1 Å². The predicted octanol–water partition coefficient (Wildman–Crippen LogP) is 3.35. The van der Waals surface area contributed by atoms with Gasteiger partial charge in [-0.15, -0.1) is 0 Å². The van der Waals surface area contributed by atoms with Crippen LogP contribution < -0.4 is 5.32 Å². The molecule has 2 heterocycles. The number of rotatable bonds is 6. The smallest absolute Gasteiger partial charge is 0.142 e. The normalized spacial score (nSPS) is 23.5. The van der Waals surface area contributed by atoms with Crippen molar-refractivity contribution in [3.63, 3.8) is 0 Å². The van der Waals surface area contributed by atoms with Gasteiger partial charge in [0, 0.05) is 31.0 Å². The van der Waals surface area contributed by atoms with E-state index >= 15 is 0 Å². The molecule has 2 N–H and O–H groups in total. The minimum absolute atomic E-state index is 0.00675. The Morgan fingerprint density at radius 1 is 1.26 bits per heavy atom. The average Bonchev–Trinajstić information content (AvgIpc) is 3.07. The molecule has 0 spiro atoms. The number of ether oxygens (including phenoxy) is 1. The Labute approximate surface area is 159 Å². The first-order valence-corrected chi connectivity index (χ1v) is 9.56. The molecule has 3 unspecified atom stereocenters. The molecule has 1 saturated heterocycles. The quantitative estimate of drug-likeness (QED) is 0.809. The van der Waals surface area contributed by atoms with E-state index in [1.165, 1.54) is 12.1 Å². The predicted molar refractivity (Wildman–Crippen MR) is 101 cm³/mol. The summed E-state index contributed by atoms with van der Waals surface area (Å²) in [7, 11) is 0. The van der Waals surface area contributed by atoms with E-state index in [9.17, 15) is 9.50 Å². The van der Waals surface area contributed by atoms with E-state index in [2.05, 4.69) is 31.2 Å². The van der Waals surface area contributed by atoms with Gasteiger partial charge in [0.15, 0.2) is 0 Å². The summed E-state index contributed by atoms with van der Waals surface area (Å²) in [6.07, 6.45) is 1.38. The van der Waals surface area contributed by atoms with Gasteiger partial charge in [-0.25, -0.2) is 4.39 Å². The number of halogens is 1. The van der Waals surface area contributed by atoms with E-state index in [0.29, 0.717) is 25.9 Å². The van der Waals surface area contributed by atoms with E-state index in [-0.39, 0.29) is 23.4 Å². The summed E-state index contributed by atoms with van der Waals surface area (Å²) < 4.78 is 24.8. The van der Waals surface area contributed by atoms with Gasteiger partial charge in [0.05, 0.1) is 24.0 Å². The van der Waals surface area contributed by atoms with Crippen LogP contribution in [0.1, 0.15) is 50.6 Å². The summed E-state index contributed by atoms with van der Waals surface area (Å²) in [4.78, 5) is 0. The van der Waals surface area contributed by atoms with E-state index < -0.39 is 6.10 Å². The third-order valence-corrected chi connectivity index (χ3v) is 4.88. The van der Waals surface area contributed by atoms with E-state index in [1.54, 1.807) is 6.07 Å². The Kier molecular flexibility index (Phi) is 6.29. The summed E-state index contributed by atoms with van der Waals surface area (Å²) in [5.74, 6) is 0.618. The second kappa shape index (κ2) is 8.50. The van der Waals surface area contributed by atoms with Crippen LogP contribution in [0.25, 0.3) is 0 Å². The lowest BCUT2D eigenvalue weighted by Gasteiger charge is -2.34. The molecule has 1 aliphatic heterocycles. The summed E-state index contributed by atoms with van der Waals surface area (Å²) in [6, 6.07) is 8.49. The van der Waals surface area contributed by atoms with Crippen molar-refractivity contribution in [2.45, 2.75) is 70.3 Å². The third kappa shape index (κ3) is 5.61. The molecule has 27 heavy (non-hydrogen) atoms. The zero-order chi connectivity index (χ0) is 19.4. The van der Waals surface area contributed by atoms with E-state index in [4.69, 9.17) is 9.26 Å². The molecule has 5 nitrogen and oxygen atoms in total. The molecule has 0 radical (unpaired) electrons. The molecule has 0 amide bonds. The molecular formula is C21H29FN2O3. The molecule has 2 aromatic rings. The molecule has 6 heteroatoms. The monoisotopic (exact) mass is 376 g/mol. The average molecular weight is 376 g/mol. The van der Waals surface area contributed by atoms with Crippen molar-refractivity contribution >= 4 is 0 Å². The minimum atomic E-state index is -0.497. The zero-order valence-electron chi connectivity index (χ0n) is 16.2. The zero-order valence-corrected chi connectivity index (χ0v) is 16.2. The lowest BCUT2D eigenvalue weighted by Crippen LogP contribution is -2.45. The van der Waals surface area contributed by atoms with Gasteiger partial charge >= 0.3 is 0 Å². The Balaban J connectivity index is 1.50. The van der Waals surface area contributed by atoms with Crippen LogP contribution in [0.5, 0.6) is 0 Å². The standard InChI is InChI=1S/C21H29FN2O3/c1-21(2,3)20-11-16(24-27-20)10-17-7-8-18(25)19(26-17)13-23-12-14-5-4-6-15(22)9-14/h4-6,9,11,17-19,23,25H,7-8,10,12-13H2,1-3H3. The van der Waals surface area contributed by atoms with Crippen molar-refractivity contribution in [2.24, 2.45) is 0 Å². The highest BCUT2D eigenvalue weighted by molar-refractivity contribution is 5.16. The molecule has 3 atom stereocenters. The Morgan fingerprint density at radius 3 is 2.78 bits per heavy atom.